The first-order valence-corrected chi connectivity index (χ1v) is 8.83. The summed E-state index contributed by atoms with van der Waals surface area (Å²) >= 11 is 3.35. The highest BCUT2D eigenvalue weighted by molar-refractivity contribution is 9.10. The molecule has 4 nitrogen and oxygen atoms in total. The molecule has 0 radical (unpaired) electrons. The van der Waals surface area contributed by atoms with Gasteiger partial charge in [-0.3, -0.25) is 4.79 Å². The molecule has 0 aliphatic rings. The predicted octanol–water partition coefficient (Wildman–Crippen LogP) is 3.41. The molecule has 0 aliphatic carbocycles. The lowest BCUT2D eigenvalue weighted by atomic mass is 10.1. The summed E-state index contributed by atoms with van der Waals surface area (Å²) in [6, 6.07) is 11.5. The molecule has 6 heteroatoms. The minimum atomic E-state index is -3.23. The van der Waals surface area contributed by atoms with E-state index in [1.807, 2.05) is 13.0 Å². The Hall–Kier alpha value is -1.66. The third kappa shape index (κ3) is 4.15. The number of nitrogens with one attached hydrogen (secondary N) is 1. The maximum absolute atomic E-state index is 12.2. The number of anilines is 1. The van der Waals surface area contributed by atoms with Crippen molar-refractivity contribution in [1.29, 1.82) is 0 Å². The molecular formula is C15H14BrNO3S. The van der Waals surface area contributed by atoms with E-state index >= 15 is 0 Å². The molecule has 0 heterocycles. The van der Waals surface area contributed by atoms with Crippen LogP contribution in [0.3, 0.4) is 0 Å². The smallest absolute Gasteiger partial charge is 0.255 e. The molecule has 21 heavy (non-hydrogen) atoms. The van der Waals surface area contributed by atoms with Crippen LogP contribution in [0.15, 0.2) is 51.8 Å². The van der Waals surface area contributed by atoms with Crippen molar-refractivity contribution in [2.45, 2.75) is 11.8 Å². The SMILES string of the molecule is Cc1cc(Br)cc(C(=O)Nc2ccc(S(C)(=O)=O)cc2)c1. The highest BCUT2D eigenvalue weighted by atomic mass is 79.9. The van der Waals surface area contributed by atoms with E-state index in [2.05, 4.69) is 21.2 Å². The van der Waals surface area contributed by atoms with E-state index in [0.717, 1.165) is 16.3 Å². The van der Waals surface area contributed by atoms with Crippen LogP contribution < -0.4 is 5.32 Å². The second-order valence-electron chi connectivity index (χ2n) is 4.77. The van der Waals surface area contributed by atoms with Crippen molar-refractivity contribution in [2.75, 3.05) is 11.6 Å². The maximum atomic E-state index is 12.2. The summed E-state index contributed by atoms with van der Waals surface area (Å²) in [6.07, 6.45) is 1.14. The molecule has 0 saturated carbocycles. The molecule has 110 valence electrons. The third-order valence-corrected chi connectivity index (χ3v) is 4.43. The first-order chi connectivity index (χ1) is 9.75. The molecule has 2 aromatic carbocycles. The Bertz CT molecular complexity index is 763. The van der Waals surface area contributed by atoms with Gasteiger partial charge in [0.05, 0.1) is 4.90 Å². The van der Waals surface area contributed by atoms with Crippen LogP contribution in [-0.4, -0.2) is 20.6 Å². The van der Waals surface area contributed by atoms with E-state index in [0.29, 0.717) is 11.3 Å². The van der Waals surface area contributed by atoms with Crippen LogP contribution in [0.2, 0.25) is 0 Å². The maximum Gasteiger partial charge on any atom is 0.255 e. The fourth-order valence-corrected chi connectivity index (χ4v) is 3.09. The lowest BCUT2D eigenvalue weighted by Crippen LogP contribution is -2.12. The minimum absolute atomic E-state index is 0.221. The molecule has 0 atom stereocenters. The summed E-state index contributed by atoms with van der Waals surface area (Å²) in [4.78, 5) is 12.4. The number of benzene rings is 2. The molecule has 0 aliphatic heterocycles. The Morgan fingerprint density at radius 3 is 2.24 bits per heavy atom. The lowest BCUT2D eigenvalue weighted by Gasteiger charge is -2.07. The van der Waals surface area contributed by atoms with Crippen molar-refractivity contribution in [2.24, 2.45) is 0 Å². The predicted molar refractivity (Wildman–Crippen MR) is 86.4 cm³/mol. The molecule has 0 spiro atoms. The van der Waals surface area contributed by atoms with Crippen molar-refractivity contribution >= 4 is 37.4 Å². The zero-order valence-corrected chi connectivity index (χ0v) is 14.0. The Kier molecular flexibility index (Phi) is 4.49. The van der Waals surface area contributed by atoms with Crippen LogP contribution >= 0.6 is 15.9 Å². The molecule has 2 aromatic rings. The van der Waals surface area contributed by atoms with Crippen LogP contribution in [0.25, 0.3) is 0 Å². The van der Waals surface area contributed by atoms with Gasteiger partial charge in [-0.15, -0.1) is 0 Å². The van der Waals surface area contributed by atoms with Crippen LogP contribution in [0.1, 0.15) is 15.9 Å². The molecule has 2 rings (SSSR count). The number of aryl methyl sites for hydroxylation is 1. The number of amides is 1. The van der Waals surface area contributed by atoms with Gasteiger partial charge < -0.3 is 5.32 Å². The van der Waals surface area contributed by atoms with E-state index in [9.17, 15) is 13.2 Å². The molecule has 0 saturated heterocycles. The van der Waals surface area contributed by atoms with E-state index in [-0.39, 0.29) is 10.8 Å². The lowest BCUT2D eigenvalue weighted by molar-refractivity contribution is 0.102. The van der Waals surface area contributed by atoms with E-state index in [4.69, 9.17) is 0 Å². The first kappa shape index (κ1) is 15.7. The van der Waals surface area contributed by atoms with Gasteiger partial charge in [0, 0.05) is 22.0 Å². The zero-order valence-electron chi connectivity index (χ0n) is 11.6. The van der Waals surface area contributed by atoms with Crippen molar-refractivity contribution in [3.63, 3.8) is 0 Å². The number of sulfone groups is 1. The van der Waals surface area contributed by atoms with E-state index < -0.39 is 9.84 Å². The number of carbonyl (C=O) groups is 1. The highest BCUT2D eigenvalue weighted by Gasteiger charge is 2.09. The summed E-state index contributed by atoms with van der Waals surface area (Å²) in [6.45, 7) is 1.91. The molecule has 0 unspecified atom stereocenters. The molecule has 0 aromatic heterocycles. The molecule has 1 N–H and O–H groups in total. The van der Waals surface area contributed by atoms with Crippen LogP contribution in [0, 0.1) is 6.92 Å². The summed E-state index contributed by atoms with van der Waals surface area (Å²) in [5, 5.41) is 2.74. The molecule has 0 bridgehead atoms. The minimum Gasteiger partial charge on any atom is -0.322 e. The van der Waals surface area contributed by atoms with Crippen LogP contribution in [-0.2, 0) is 9.84 Å². The first-order valence-electron chi connectivity index (χ1n) is 6.14. The molecule has 0 fully saturated rings. The summed E-state index contributed by atoms with van der Waals surface area (Å²) < 4.78 is 23.6. The Labute approximate surface area is 132 Å². The van der Waals surface area contributed by atoms with Gasteiger partial charge in [0.25, 0.3) is 5.91 Å². The van der Waals surface area contributed by atoms with Gasteiger partial charge >= 0.3 is 0 Å². The van der Waals surface area contributed by atoms with Gasteiger partial charge in [-0.25, -0.2) is 8.42 Å². The number of rotatable bonds is 3. The Balaban J connectivity index is 2.20. The van der Waals surface area contributed by atoms with Crippen molar-refractivity contribution in [1.82, 2.24) is 0 Å². The largest absolute Gasteiger partial charge is 0.322 e. The average Bonchev–Trinajstić information content (AvgIpc) is 2.37. The zero-order chi connectivity index (χ0) is 15.6. The van der Waals surface area contributed by atoms with Gasteiger partial charge in [-0.2, -0.15) is 0 Å². The van der Waals surface area contributed by atoms with E-state index in [1.165, 1.54) is 12.1 Å². The number of hydrogen-bond acceptors (Lipinski definition) is 3. The normalized spacial score (nSPS) is 11.2. The average molecular weight is 368 g/mol. The fourth-order valence-electron chi connectivity index (χ4n) is 1.86. The van der Waals surface area contributed by atoms with Gasteiger partial charge in [0.2, 0.25) is 0 Å². The topological polar surface area (TPSA) is 63.2 Å². The summed E-state index contributed by atoms with van der Waals surface area (Å²) in [5.41, 5.74) is 2.06. The molecular weight excluding hydrogens is 354 g/mol. The monoisotopic (exact) mass is 367 g/mol. The van der Waals surface area contributed by atoms with Crippen molar-refractivity contribution in [3.05, 3.63) is 58.1 Å². The third-order valence-electron chi connectivity index (χ3n) is 2.84. The number of carbonyl (C=O) groups excluding carboxylic acids is 1. The van der Waals surface area contributed by atoms with E-state index in [1.54, 1.807) is 24.3 Å². The molecule has 1 amide bonds. The Morgan fingerprint density at radius 1 is 1.10 bits per heavy atom. The van der Waals surface area contributed by atoms with Gasteiger partial charge in [-0.05, 0) is 55.0 Å². The van der Waals surface area contributed by atoms with Crippen molar-refractivity contribution < 1.29 is 13.2 Å². The van der Waals surface area contributed by atoms with Crippen LogP contribution in [0.5, 0.6) is 0 Å². The van der Waals surface area contributed by atoms with Gasteiger partial charge in [-0.1, -0.05) is 15.9 Å². The standard InChI is InChI=1S/C15H14BrNO3S/c1-10-7-11(9-12(16)8-10)15(18)17-13-3-5-14(6-4-13)21(2,19)20/h3-9H,1-2H3,(H,17,18). The second-order valence-corrected chi connectivity index (χ2v) is 7.70. The van der Waals surface area contributed by atoms with Gasteiger partial charge in [0.15, 0.2) is 9.84 Å². The number of halogens is 1. The highest BCUT2D eigenvalue weighted by Crippen LogP contribution is 2.18. The second kappa shape index (κ2) is 5.99. The fraction of sp³-hybridized carbons (Fsp3) is 0.133. The van der Waals surface area contributed by atoms with Crippen LogP contribution in [0.4, 0.5) is 5.69 Å². The Morgan fingerprint density at radius 2 is 1.71 bits per heavy atom. The number of hydrogen-bond donors (Lipinski definition) is 1. The van der Waals surface area contributed by atoms with Crippen molar-refractivity contribution in [3.8, 4) is 0 Å². The quantitative estimate of drug-likeness (QED) is 0.903. The summed E-state index contributed by atoms with van der Waals surface area (Å²) in [7, 11) is -3.23. The van der Waals surface area contributed by atoms with Gasteiger partial charge in [0.1, 0.15) is 0 Å². The summed E-state index contributed by atoms with van der Waals surface area (Å²) in [5.74, 6) is -0.244.